The van der Waals surface area contributed by atoms with E-state index in [0.29, 0.717) is 12.8 Å². The van der Waals surface area contributed by atoms with Gasteiger partial charge in [-0.05, 0) is 55.9 Å². The summed E-state index contributed by atoms with van der Waals surface area (Å²) in [6, 6.07) is 4.65. The molecule has 2 heteroatoms. The van der Waals surface area contributed by atoms with Crippen LogP contribution in [0.15, 0.2) is 29.8 Å². The van der Waals surface area contributed by atoms with Crippen LogP contribution in [-0.2, 0) is 11.2 Å². The minimum absolute atomic E-state index is 0.192. The van der Waals surface area contributed by atoms with E-state index in [-0.39, 0.29) is 11.6 Å². The third kappa shape index (κ3) is 3.52. The van der Waals surface area contributed by atoms with Crippen LogP contribution in [0.2, 0.25) is 0 Å². The van der Waals surface area contributed by atoms with Gasteiger partial charge in [0.15, 0.2) is 0 Å². The lowest BCUT2D eigenvalue weighted by Crippen LogP contribution is -2.07. The second kappa shape index (κ2) is 5.94. The Bertz CT molecular complexity index is 474. The molecular formula is C16H19FO. The molecule has 0 aliphatic heterocycles. The van der Waals surface area contributed by atoms with Crippen molar-refractivity contribution in [1.29, 1.82) is 0 Å². The van der Waals surface area contributed by atoms with Gasteiger partial charge < -0.3 is 0 Å². The summed E-state index contributed by atoms with van der Waals surface area (Å²) in [5.41, 5.74) is 3.07. The Morgan fingerprint density at radius 2 is 2.11 bits per heavy atom. The number of hydrogen-bond acceptors (Lipinski definition) is 1. The van der Waals surface area contributed by atoms with Crippen LogP contribution in [-0.4, -0.2) is 5.78 Å². The van der Waals surface area contributed by atoms with E-state index in [1.165, 1.54) is 30.5 Å². The molecule has 0 unspecified atom stereocenters. The first-order valence-corrected chi connectivity index (χ1v) is 6.60. The van der Waals surface area contributed by atoms with Crippen molar-refractivity contribution in [3.8, 4) is 0 Å². The molecule has 0 bridgehead atoms. The van der Waals surface area contributed by atoms with Crippen molar-refractivity contribution >= 4 is 5.78 Å². The van der Waals surface area contributed by atoms with Gasteiger partial charge >= 0.3 is 0 Å². The Labute approximate surface area is 108 Å². The molecule has 0 spiro atoms. The van der Waals surface area contributed by atoms with Gasteiger partial charge in [-0.15, -0.1) is 0 Å². The fraction of sp³-hybridized carbons (Fsp3) is 0.438. The van der Waals surface area contributed by atoms with E-state index in [4.69, 9.17) is 0 Å². The molecule has 1 aromatic rings. The van der Waals surface area contributed by atoms with Crippen molar-refractivity contribution in [2.75, 3.05) is 0 Å². The van der Waals surface area contributed by atoms with Gasteiger partial charge in [-0.3, -0.25) is 4.79 Å². The molecule has 0 amide bonds. The van der Waals surface area contributed by atoms with Gasteiger partial charge in [-0.25, -0.2) is 4.39 Å². The molecule has 1 aliphatic rings. The smallest absolute Gasteiger partial charge is 0.141 e. The highest BCUT2D eigenvalue weighted by molar-refractivity contribution is 5.83. The van der Waals surface area contributed by atoms with E-state index < -0.39 is 0 Å². The second-order valence-corrected chi connectivity index (χ2v) is 5.07. The lowest BCUT2D eigenvalue weighted by atomic mass is 9.93. The van der Waals surface area contributed by atoms with Crippen molar-refractivity contribution in [3.63, 3.8) is 0 Å². The summed E-state index contributed by atoms with van der Waals surface area (Å²) in [5.74, 6) is -0.0721. The summed E-state index contributed by atoms with van der Waals surface area (Å²) in [5, 5.41) is 0. The number of carbonyl (C=O) groups is 1. The molecule has 0 aromatic heterocycles. The number of benzene rings is 1. The average molecular weight is 246 g/mol. The van der Waals surface area contributed by atoms with Crippen LogP contribution in [0, 0.1) is 12.7 Å². The number of allylic oxidation sites excluding steroid dienone is 2. The van der Waals surface area contributed by atoms with Crippen LogP contribution in [0.4, 0.5) is 4.39 Å². The monoisotopic (exact) mass is 246 g/mol. The first-order valence-electron chi connectivity index (χ1n) is 6.60. The van der Waals surface area contributed by atoms with Crippen LogP contribution in [0.3, 0.4) is 0 Å². The van der Waals surface area contributed by atoms with E-state index in [2.05, 4.69) is 6.08 Å². The zero-order valence-electron chi connectivity index (χ0n) is 10.8. The highest BCUT2D eigenvalue weighted by atomic mass is 19.1. The summed E-state index contributed by atoms with van der Waals surface area (Å²) in [6.07, 6.45) is 7.66. The number of aryl methyl sites for hydroxylation is 1. The van der Waals surface area contributed by atoms with Gasteiger partial charge in [0.2, 0.25) is 0 Å². The molecule has 0 saturated carbocycles. The Morgan fingerprint density at radius 3 is 2.83 bits per heavy atom. The van der Waals surface area contributed by atoms with Crippen molar-refractivity contribution < 1.29 is 9.18 Å². The first kappa shape index (κ1) is 13.0. The molecule has 1 nitrogen and oxygen atoms in total. The third-order valence-corrected chi connectivity index (χ3v) is 3.51. The Balaban J connectivity index is 1.98. The quantitative estimate of drug-likeness (QED) is 0.730. The fourth-order valence-electron chi connectivity index (χ4n) is 2.42. The van der Waals surface area contributed by atoms with E-state index in [0.717, 1.165) is 24.0 Å². The van der Waals surface area contributed by atoms with Crippen LogP contribution >= 0.6 is 0 Å². The van der Waals surface area contributed by atoms with Crippen molar-refractivity contribution in [2.24, 2.45) is 0 Å². The largest absolute Gasteiger partial charge is 0.299 e. The summed E-state index contributed by atoms with van der Waals surface area (Å²) in [7, 11) is 0. The van der Waals surface area contributed by atoms with E-state index in [9.17, 15) is 9.18 Å². The average Bonchev–Trinajstić information content (AvgIpc) is 2.35. The van der Waals surface area contributed by atoms with Gasteiger partial charge in [0.05, 0.1) is 0 Å². The molecule has 0 heterocycles. The Kier molecular flexibility index (Phi) is 4.29. The maximum Gasteiger partial charge on any atom is 0.141 e. The predicted octanol–water partition coefficient (Wildman–Crippen LogP) is 4.14. The summed E-state index contributed by atoms with van der Waals surface area (Å²) >= 11 is 0. The van der Waals surface area contributed by atoms with Gasteiger partial charge in [0.25, 0.3) is 0 Å². The van der Waals surface area contributed by atoms with Gasteiger partial charge in [-0.2, -0.15) is 0 Å². The zero-order valence-corrected chi connectivity index (χ0v) is 10.8. The second-order valence-electron chi connectivity index (χ2n) is 5.07. The number of hydrogen-bond donors (Lipinski definition) is 0. The van der Waals surface area contributed by atoms with Gasteiger partial charge in [-0.1, -0.05) is 17.7 Å². The van der Waals surface area contributed by atoms with Gasteiger partial charge in [0.1, 0.15) is 11.6 Å². The third-order valence-electron chi connectivity index (χ3n) is 3.51. The van der Waals surface area contributed by atoms with Gasteiger partial charge in [0, 0.05) is 12.8 Å². The lowest BCUT2D eigenvalue weighted by molar-refractivity contribution is -0.117. The summed E-state index contributed by atoms with van der Waals surface area (Å²) in [6.45, 7) is 1.92. The van der Waals surface area contributed by atoms with Crippen LogP contribution in [0.25, 0.3) is 0 Å². The normalized spacial score (nSPS) is 15.3. The maximum absolute atomic E-state index is 13.1. The number of ketones is 1. The number of halogens is 1. The Morgan fingerprint density at radius 1 is 1.28 bits per heavy atom. The number of carbonyl (C=O) groups excluding carboxylic acids is 1. The van der Waals surface area contributed by atoms with Crippen molar-refractivity contribution in [1.82, 2.24) is 0 Å². The summed E-state index contributed by atoms with van der Waals surface area (Å²) in [4.78, 5) is 12.0. The van der Waals surface area contributed by atoms with Crippen LogP contribution in [0.1, 0.15) is 43.2 Å². The number of rotatable bonds is 4. The molecule has 0 radical (unpaired) electrons. The molecule has 0 atom stereocenters. The molecule has 0 fully saturated rings. The standard InChI is InChI=1S/C16H19FO/c1-12-7-8-15(17)10-14(12)11-16(18)9-13-5-3-2-4-6-13/h5,7-8,10H,2-4,6,9,11H2,1H3. The molecule has 1 aliphatic carbocycles. The molecule has 96 valence electrons. The molecule has 0 saturated heterocycles. The molecule has 0 N–H and O–H groups in total. The minimum Gasteiger partial charge on any atom is -0.299 e. The molecule has 1 aromatic carbocycles. The highest BCUT2D eigenvalue weighted by Crippen LogP contribution is 2.21. The Hall–Kier alpha value is -1.44. The predicted molar refractivity (Wildman–Crippen MR) is 71.0 cm³/mol. The van der Waals surface area contributed by atoms with Crippen LogP contribution in [0.5, 0.6) is 0 Å². The number of Topliss-reactive ketones (excluding diaryl/α,β-unsaturated/α-hetero) is 1. The van der Waals surface area contributed by atoms with Crippen molar-refractivity contribution in [3.05, 3.63) is 46.8 Å². The lowest BCUT2D eigenvalue weighted by Gasteiger charge is -2.12. The van der Waals surface area contributed by atoms with E-state index in [1.54, 1.807) is 6.07 Å². The van der Waals surface area contributed by atoms with E-state index in [1.807, 2.05) is 6.92 Å². The highest BCUT2D eigenvalue weighted by Gasteiger charge is 2.11. The summed E-state index contributed by atoms with van der Waals surface area (Å²) < 4.78 is 13.1. The fourth-order valence-corrected chi connectivity index (χ4v) is 2.42. The van der Waals surface area contributed by atoms with E-state index >= 15 is 0 Å². The SMILES string of the molecule is Cc1ccc(F)cc1CC(=O)CC1=CCCCC1. The molecule has 2 rings (SSSR count). The minimum atomic E-state index is -0.264. The topological polar surface area (TPSA) is 17.1 Å². The zero-order chi connectivity index (χ0) is 13.0. The molecule has 18 heavy (non-hydrogen) atoms. The van der Waals surface area contributed by atoms with Crippen LogP contribution < -0.4 is 0 Å². The molecular weight excluding hydrogens is 227 g/mol. The maximum atomic E-state index is 13.1. The van der Waals surface area contributed by atoms with Crippen molar-refractivity contribution in [2.45, 2.75) is 45.4 Å². The first-order chi connectivity index (χ1) is 8.65.